The molecule has 6 rings (SSSR count). The molecule has 1 spiro atoms. The second-order valence-corrected chi connectivity index (χ2v) is 9.86. The van der Waals surface area contributed by atoms with Gasteiger partial charge in [-0.05, 0) is 56.7 Å². The van der Waals surface area contributed by atoms with Gasteiger partial charge in [0.05, 0.1) is 5.54 Å². The number of anilines is 2. The van der Waals surface area contributed by atoms with Crippen LogP contribution in [-0.2, 0) is 5.54 Å². The van der Waals surface area contributed by atoms with Gasteiger partial charge in [-0.15, -0.1) is 0 Å². The van der Waals surface area contributed by atoms with E-state index >= 15 is 0 Å². The number of pyridine rings is 1. The molecule has 33 heavy (non-hydrogen) atoms. The van der Waals surface area contributed by atoms with E-state index in [-0.39, 0.29) is 11.4 Å². The molecule has 8 heteroatoms. The first-order chi connectivity index (χ1) is 16.2. The van der Waals surface area contributed by atoms with E-state index in [4.69, 9.17) is 4.98 Å². The third-order valence-corrected chi connectivity index (χ3v) is 7.69. The second kappa shape index (κ2) is 8.32. The molecule has 0 bridgehead atoms. The zero-order valence-electron chi connectivity index (χ0n) is 18.9. The number of hydrogen-bond donors (Lipinski definition) is 3. The van der Waals surface area contributed by atoms with Crippen LogP contribution in [0.3, 0.4) is 0 Å². The Kier molecular flexibility index (Phi) is 5.15. The van der Waals surface area contributed by atoms with Gasteiger partial charge in [-0.25, -0.2) is 9.97 Å². The van der Waals surface area contributed by atoms with Crippen molar-refractivity contribution in [1.82, 2.24) is 24.8 Å². The van der Waals surface area contributed by atoms with Crippen LogP contribution < -0.4 is 16.0 Å². The van der Waals surface area contributed by atoms with Gasteiger partial charge in [0, 0.05) is 36.4 Å². The predicted molar refractivity (Wildman–Crippen MR) is 128 cm³/mol. The van der Waals surface area contributed by atoms with Gasteiger partial charge in [0.15, 0.2) is 0 Å². The highest BCUT2D eigenvalue weighted by atomic mass is 16.2. The second-order valence-electron chi connectivity index (χ2n) is 9.86. The fourth-order valence-corrected chi connectivity index (χ4v) is 5.95. The quantitative estimate of drug-likeness (QED) is 0.560. The molecular weight excluding hydrogens is 414 g/mol. The van der Waals surface area contributed by atoms with Crippen molar-refractivity contribution < 1.29 is 4.79 Å². The minimum Gasteiger partial charge on any atom is -0.367 e. The number of rotatable bonds is 4. The third-order valence-electron chi connectivity index (χ3n) is 7.69. The van der Waals surface area contributed by atoms with E-state index in [1.165, 1.54) is 19.3 Å². The molecule has 3 N–H and O–H groups in total. The smallest absolute Gasteiger partial charge is 0.268 e. The summed E-state index contributed by atoms with van der Waals surface area (Å²) < 4.78 is 2.24. The minimum atomic E-state index is -0.0515. The summed E-state index contributed by atoms with van der Waals surface area (Å²) in [6, 6.07) is 8.73. The molecule has 0 aromatic carbocycles. The maximum atomic E-state index is 12.6. The van der Waals surface area contributed by atoms with E-state index in [1.54, 1.807) is 0 Å². The SMILES string of the molecule is O=C1NCC2(CCCCC2)n2c1cc1cnc(N[C@H]3CC[C@H](Nc4ccccn4)CC3)nc12. The summed E-state index contributed by atoms with van der Waals surface area (Å²) in [6.07, 6.45) is 13.8. The van der Waals surface area contributed by atoms with Crippen molar-refractivity contribution in [3.05, 3.63) is 42.4 Å². The Bertz CT molecular complexity index is 1140. The van der Waals surface area contributed by atoms with Crippen molar-refractivity contribution in [3.8, 4) is 0 Å². The zero-order valence-corrected chi connectivity index (χ0v) is 18.9. The average Bonchev–Trinajstić information content (AvgIpc) is 3.25. The van der Waals surface area contributed by atoms with E-state index in [0.29, 0.717) is 24.6 Å². The third kappa shape index (κ3) is 3.81. The van der Waals surface area contributed by atoms with Gasteiger partial charge >= 0.3 is 0 Å². The van der Waals surface area contributed by atoms with E-state index in [0.717, 1.165) is 61.1 Å². The fraction of sp³-hybridized carbons (Fsp3) is 0.520. The van der Waals surface area contributed by atoms with Crippen LogP contribution in [0.4, 0.5) is 11.8 Å². The number of amides is 1. The first kappa shape index (κ1) is 20.4. The van der Waals surface area contributed by atoms with Gasteiger partial charge < -0.3 is 20.5 Å². The Hall–Kier alpha value is -3.16. The molecule has 0 radical (unpaired) electrons. The highest BCUT2D eigenvalue weighted by molar-refractivity contribution is 5.99. The van der Waals surface area contributed by atoms with Crippen molar-refractivity contribution in [2.45, 2.75) is 75.4 Å². The summed E-state index contributed by atoms with van der Waals surface area (Å²) in [5, 5.41) is 11.2. The molecule has 4 heterocycles. The summed E-state index contributed by atoms with van der Waals surface area (Å²) in [5.74, 6) is 1.61. The van der Waals surface area contributed by atoms with Crippen LogP contribution in [0.1, 0.15) is 68.3 Å². The standard InChI is InChI=1S/C25H31N7O/c33-23-20-14-17-15-27-24(31-22(17)32(20)25(16-28-23)11-3-1-4-12-25)30-19-9-7-18(8-10-19)29-21-6-2-5-13-26-21/h2,5-6,13-15,18-19H,1,3-4,7-12,16H2,(H,26,29)(H,28,33)(H,27,30,31)/t18-,19-. The Morgan fingerprint density at radius 2 is 1.79 bits per heavy atom. The highest BCUT2D eigenvalue weighted by Gasteiger charge is 2.41. The van der Waals surface area contributed by atoms with Gasteiger partial charge in [-0.3, -0.25) is 4.79 Å². The lowest BCUT2D eigenvalue weighted by atomic mass is 9.80. The Morgan fingerprint density at radius 3 is 2.55 bits per heavy atom. The fourth-order valence-electron chi connectivity index (χ4n) is 5.95. The molecule has 3 aliphatic rings. The van der Waals surface area contributed by atoms with Gasteiger partial charge in [-0.2, -0.15) is 4.98 Å². The van der Waals surface area contributed by atoms with Crippen LogP contribution in [0.15, 0.2) is 36.7 Å². The largest absolute Gasteiger partial charge is 0.367 e. The summed E-state index contributed by atoms with van der Waals surface area (Å²) in [5.41, 5.74) is 1.57. The van der Waals surface area contributed by atoms with Crippen molar-refractivity contribution in [3.63, 3.8) is 0 Å². The van der Waals surface area contributed by atoms with Crippen LogP contribution in [0.2, 0.25) is 0 Å². The molecule has 172 valence electrons. The predicted octanol–water partition coefficient (Wildman–Crippen LogP) is 4.06. The van der Waals surface area contributed by atoms with Gasteiger partial charge in [0.2, 0.25) is 5.95 Å². The molecule has 1 amide bonds. The maximum absolute atomic E-state index is 12.6. The Morgan fingerprint density at radius 1 is 1.00 bits per heavy atom. The highest BCUT2D eigenvalue weighted by Crippen LogP contribution is 2.40. The lowest BCUT2D eigenvalue weighted by molar-refractivity contribution is 0.0833. The van der Waals surface area contributed by atoms with Crippen molar-refractivity contribution in [2.75, 3.05) is 17.2 Å². The van der Waals surface area contributed by atoms with Crippen LogP contribution in [-0.4, -0.2) is 44.1 Å². The van der Waals surface area contributed by atoms with Crippen molar-refractivity contribution >= 4 is 28.7 Å². The molecule has 1 aliphatic heterocycles. The number of fused-ring (bicyclic) bond motifs is 4. The molecule has 2 fully saturated rings. The van der Waals surface area contributed by atoms with Gasteiger partial charge in [-0.1, -0.05) is 25.3 Å². The number of nitrogens with zero attached hydrogens (tertiary/aromatic N) is 4. The Balaban J connectivity index is 1.20. The molecule has 8 nitrogen and oxygen atoms in total. The molecule has 3 aromatic rings. The summed E-state index contributed by atoms with van der Waals surface area (Å²) in [4.78, 5) is 26.6. The lowest BCUT2D eigenvalue weighted by Crippen LogP contribution is -2.52. The van der Waals surface area contributed by atoms with Crippen molar-refractivity contribution in [2.24, 2.45) is 0 Å². The minimum absolute atomic E-state index is 0.00237. The average molecular weight is 446 g/mol. The Labute approximate surface area is 193 Å². The number of carbonyl (C=O) groups is 1. The summed E-state index contributed by atoms with van der Waals surface area (Å²) in [7, 11) is 0. The number of aromatic nitrogens is 4. The zero-order chi connectivity index (χ0) is 22.3. The first-order valence-electron chi connectivity index (χ1n) is 12.3. The van der Waals surface area contributed by atoms with Crippen LogP contribution >= 0.6 is 0 Å². The molecular formula is C25H31N7O. The van der Waals surface area contributed by atoms with E-state index in [9.17, 15) is 4.79 Å². The maximum Gasteiger partial charge on any atom is 0.268 e. The van der Waals surface area contributed by atoms with E-state index in [1.807, 2.05) is 36.7 Å². The van der Waals surface area contributed by atoms with Crippen molar-refractivity contribution in [1.29, 1.82) is 0 Å². The van der Waals surface area contributed by atoms with E-state index in [2.05, 4.69) is 30.5 Å². The molecule has 0 atom stereocenters. The molecule has 2 aliphatic carbocycles. The first-order valence-corrected chi connectivity index (χ1v) is 12.3. The monoisotopic (exact) mass is 445 g/mol. The lowest BCUT2D eigenvalue weighted by Gasteiger charge is -2.42. The van der Waals surface area contributed by atoms with Crippen LogP contribution in [0.5, 0.6) is 0 Å². The van der Waals surface area contributed by atoms with Gasteiger partial charge in [0.1, 0.15) is 17.2 Å². The van der Waals surface area contributed by atoms with Crippen LogP contribution in [0.25, 0.3) is 11.0 Å². The summed E-state index contributed by atoms with van der Waals surface area (Å²) in [6.45, 7) is 0.697. The topological polar surface area (TPSA) is 96.8 Å². The molecule has 3 aromatic heterocycles. The van der Waals surface area contributed by atoms with Crippen LogP contribution in [0, 0.1) is 0 Å². The number of carbonyl (C=O) groups excluding carboxylic acids is 1. The molecule has 2 saturated carbocycles. The summed E-state index contributed by atoms with van der Waals surface area (Å²) >= 11 is 0. The number of nitrogens with one attached hydrogen (secondary N) is 3. The van der Waals surface area contributed by atoms with Gasteiger partial charge in [0.25, 0.3) is 5.91 Å². The molecule has 0 saturated heterocycles. The number of hydrogen-bond acceptors (Lipinski definition) is 6. The normalized spacial score (nSPS) is 24.3. The molecule has 0 unspecified atom stereocenters. The van der Waals surface area contributed by atoms with E-state index < -0.39 is 0 Å².